The molecular formula is C16H12Cl2N4O2S2. The average Bonchev–Trinajstić information content (AvgIpc) is 3.19. The van der Waals surface area contributed by atoms with Crippen LogP contribution < -0.4 is 10.6 Å². The lowest BCUT2D eigenvalue weighted by Crippen LogP contribution is -2.32. The van der Waals surface area contributed by atoms with Gasteiger partial charge in [0, 0.05) is 16.3 Å². The van der Waals surface area contributed by atoms with Gasteiger partial charge in [0.25, 0.3) is 0 Å². The molecule has 0 aliphatic carbocycles. The van der Waals surface area contributed by atoms with Gasteiger partial charge in [-0.05, 0) is 29.6 Å². The topological polar surface area (TPSA) is 88.1 Å². The van der Waals surface area contributed by atoms with Crippen LogP contribution in [0.1, 0.15) is 11.3 Å². The molecule has 6 nitrogen and oxygen atoms in total. The van der Waals surface area contributed by atoms with E-state index in [4.69, 9.17) is 28.9 Å². The van der Waals surface area contributed by atoms with Gasteiger partial charge in [0.05, 0.1) is 16.9 Å². The minimum Gasteiger partial charge on any atom is -0.377 e. The Balaban J connectivity index is 1.71. The van der Waals surface area contributed by atoms with Crippen LogP contribution in [0.3, 0.4) is 0 Å². The number of anilines is 1. The van der Waals surface area contributed by atoms with E-state index in [0.29, 0.717) is 5.02 Å². The van der Waals surface area contributed by atoms with E-state index in [-0.39, 0.29) is 28.2 Å². The van der Waals surface area contributed by atoms with Crippen molar-refractivity contribution in [1.29, 1.82) is 0 Å². The maximum atomic E-state index is 12.6. The third-order valence-electron chi connectivity index (χ3n) is 3.40. The van der Waals surface area contributed by atoms with Crippen molar-refractivity contribution in [3.63, 3.8) is 0 Å². The molecule has 1 unspecified atom stereocenters. The van der Waals surface area contributed by atoms with Gasteiger partial charge in [0.1, 0.15) is 5.25 Å². The highest BCUT2D eigenvalue weighted by molar-refractivity contribution is 8.14. The van der Waals surface area contributed by atoms with Crippen molar-refractivity contribution >= 4 is 75.2 Å². The molecule has 1 aliphatic heterocycles. The molecule has 1 aliphatic rings. The molecule has 0 spiro atoms. The van der Waals surface area contributed by atoms with Gasteiger partial charge in [-0.25, -0.2) is 4.90 Å². The summed E-state index contributed by atoms with van der Waals surface area (Å²) in [7, 11) is 0. The summed E-state index contributed by atoms with van der Waals surface area (Å²) in [6.07, 6.45) is 1.56. The maximum Gasteiger partial charge on any atom is 0.247 e. The number of hydrogen-bond donors (Lipinski definition) is 1. The van der Waals surface area contributed by atoms with E-state index in [2.05, 4.69) is 10.2 Å². The highest BCUT2D eigenvalue weighted by atomic mass is 35.5. The van der Waals surface area contributed by atoms with Crippen molar-refractivity contribution in [1.82, 2.24) is 0 Å². The Morgan fingerprint density at radius 2 is 2.15 bits per heavy atom. The number of amidine groups is 1. The molecule has 26 heavy (non-hydrogen) atoms. The van der Waals surface area contributed by atoms with Gasteiger partial charge in [0.15, 0.2) is 5.17 Å². The summed E-state index contributed by atoms with van der Waals surface area (Å²) in [4.78, 5) is 26.9. The van der Waals surface area contributed by atoms with Gasteiger partial charge < -0.3 is 5.73 Å². The minimum absolute atomic E-state index is 0.00278. The molecule has 2 heterocycles. The molecule has 1 saturated heterocycles. The van der Waals surface area contributed by atoms with Gasteiger partial charge in [0.2, 0.25) is 11.8 Å². The number of benzene rings is 1. The SMILES string of the molecule is NC(=NN=Cc1cccs1)SC1CC(=O)N(c2cc(Cl)ccc2Cl)C1=O. The van der Waals surface area contributed by atoms with Crippen molar-refractivity contribution in [2.24, 2.45) is 15.9 Å². The number of carbonyl (C=O) groups excluding carboxylic acids is 2. The fraction of sp³-hybridized carbons (Fsp3) is 0.125. The summed E-state index contributed by atoms with van der Waals surface area (Å²) in [6.45, 7) is 0. The monoisotopic (exact) mass is 426 g/mol. The number of thiophene rings is 1. The number of imide groups is 1. The summed E-state index contributed by atoms with van der Waals surface area (Å²) in [5, 5.41) is 9.72. The zero-order valence-corrected chi connectivity index (χ0v) is 16.3. The lowest BCUT2D eigenvalue weighted by Gasteiger charge is -2.16. The minimum atomic E-state index is -0.682. The molecule has 1 fully saturated rings. The van der Waals surface area contributed by atoms with Crippen LogP contribution in [0.2, 0.25) is 10.0 Å². The molecule has 1 aromatic carbocycles. The van der Waals surface area contributed by atoms with Crippen molar-refractivity contribution < 1.29 is 9.59 Å². The predicted octanol–water partition coefficient (Wildman–Crippen LogP) is 3.77. The smallest absolute Gasteiger partial charge is 0.247 e. The van der Waals surface area contributed by atoms with Crippen LogP contribution in [0.5, 0.6) is 0 Å². The van der Waals surface area contributed by atoms with Crippen LogP contribution in [-0.2, 0) is 9.59 Å². The van der Waals surface area contributed by atoms with Gasteiger partial charge in [-0.2, -0.15) is 5.10 Å². The number of amides is 2. The lowest BCUT2D eigenvalue weighted by atomic mass is 10.3. The fourth-order valence-electron chi connectivity index (χ4n) is 2.28. The van der Waals surface area contributed by atoms with E-state index in [1.54, 1.807) is 12.3 Å². The van der Waals surface area contributed by atoms with Crippen LogP contribution in [-0.4, -0.2) is 28.4 Å². The average molecular weight is 427 g/mol. The lowest BCUT2D eigenvalue weighted by molar-refractivity contribution is -0.121. The molecule has 0 radical (unpaired) electrons. The second kappa shape index (κ2) is 8.22. The first-order chi connectivity index (χ1) is 12.5. The third-order valence-corrected chi connectivity index (χ3v) is 5.74. The molecule has 1 aromatic heterocycles. The van der Waals surface area contributed by atoms with Crippen LogP contribution in [0.25, 0.3) is 0 Å². The van der Waals surface area contributed by atoms with E-state index >= 15 is 0 Å². The Hall–Kier alpha value is -1.87. The molecule has 3 rings (SSSR count). The van der Waals surface area contributed by atoms with Crippen LogP contribution in [0, 0.1) is 0 Å². The van der Waals surface area contributed by atoms with Crippen molar-refractivity contribution in [3.05, 3.63) is 50.6 Å². The van der Waals surface area contributed by atoms with E-state index < -0.39 is 11.2 Å². The zero-order valence-electron chi connectivity index (χ0n) is 13.1. The Morgan fingerprint density at radius 1 is 1.35 bits per heavy atom. The van der Waals surface area contributed by atoms with Gasteiger partial charge >= 0.3 is 0 Å². The second-order valence-corrected chi connectivity index (χ2v) is 8.22. The summed E-state index contributed by atoms with van der Waals surface area (Å²) in [5.74, 6) is -0.781. The molecule has 10 heteroatoms. The Bertz CT molecular complexity index is 900. The summed E-state index contributed by atoms with van der Waals surface area (Å²) >= 11 is 14.6. The van der Waals surface area contributed by atoms with Crippen molar-refractivity contribution in [3.8, 4) is 0 Å². The number of nitrogens with zero attached hydrogens (tertiary/aromatic N) is 3. The van der Waals surface area contributed by atoms with E-state index in [1.807, 2.05) is 17.5 Å². The highest BCUT2D eigenvalue weighted by Crippen LogP contribution is 2.35. The normalized spacial score (nSPS) is 18.3. The molecule has 2 aromatic rings. The molecule has 0 bridgehead atoms. The molecule has 134 valence electrons. The number of thioether (sulfide) groups is 1. The van der Waals surface area contributed by atoms with Gasteiger partial charge in [-0.1, -0.05) is 41.0 Å². The Labute approximate surface area is 167 Å². The summed E-state index contributed by atoms with van der Waals surface area (Å²) in [6, 6.07) is 8.39. The molecule has 2 amide bonds. The van der Waals surface area contributed by atoms with Crippen LogP contribution in [0.4, 0.5) is 5.69 Å². The highest BCUT2D eigenvalue weighted by Gasteiger charge is 2.41. The van der Waals surface area contributed by atoms with E-state index in [0.717, 1.165) is 21.5 Å². The van der Waals surface area contributed by atoms with E-state index in [9.17, 15) is 9.59 Å². The largest absolute Gasteiger partial charge is 0.377 e. The molecular weight excluding hydrogens is 415 g/mol. The summed E-state index contributed by atoms with van der Waals surface area (Å²) < 4.78 is 0. The van der Waals surface area contributed by atoms with Crippen LogP contribution >= 0.6 is 46.3 Å². The van der Waals surface area contributed by atoms with Crippen molar-refractivity contribution in [2.75, 3.05) is 4.90 Å². The first-order valence-corrected chi connectivity index (χ1v) is 9.85. The number of hydrogen-bond acceptors (Lipinski definition) is 6. The van der Waals surface area contributed by atoms with Gasteiger partial charge in [-0.15, -0.1) is 16.4 Å². The second-order valence-electron chi connectivity index (χ2n) is 5.17. The number of carbonyl (C=O) groups is 2. The number of rotatable bonds is 4. The first-order valence-electron chi connectivity index (χ1n) is 7.34. The third kappa shape index (κ3) is 4.27. The summed E-state index contributed by atoms with van der Waals surface area (Å²) in [5.41, 5.74) is 6.08. The molecule has 2 N–H and O–H groups in total. The predicted molar refractivity (Wildman–Crippen MR) is 108 cm³/mol. The maximum absolute atomic E-state index is 12.6. The van der Waals surface area contributed by atoms with E-state index in [1.165, 1.54) is 23.5 Å². The molecule has 0 saturated carbocycles. The Kier molecular flexibility index (Phi) is 5.98. The molecule has 1 atom stereocenters. The zero-order chi connectivity index (χ0) is 18.7. The Morgan fingerprint density at radius 3 is 2.88 bits per heavy atom. The first kappa shape index (κ1) is 18.9. The fourth-order valence-corrected chi connectivity index (χ4v) is 4.05. The van der Waals surface area contributed by atoms with Crippen molar-refractivity contribution in [2.45, 2.75) is 11.7 Å². The van der Waals surface area contributed by atoms with Gasteiger partial charge in [-0.3, -0.25) is 9.59 Å². The van der Waals surface area contributed by atoms with Crippen LogP contribution in [0.15, 0.2) is 45.9 Å². The standard InChI is InChI=1S/C16H12Cl2N4O2S2/c17-9-3-4-11(18)12(6-9)22-14(23)7-13(15(22)24)26-16(19)21-20-8-10-2-1-5-25-10/h1-6,8,13H,7H2,(H2,19,21). The number of halogens is 2. The number of nitrogens with two attached hydrogens (primary N) is 1. The quantitative estimate of drug-likeness (QED) is 0.348.